The molecule has 0 unspecified atom stereocenters. The summed E-state index contributed by atoms with van der Waals surface area (Å²) in [6.07, 6.45) is 0.319. The molecule has 2 N–H and O–H groups in total. The summed E-state index contributed by atoms with van der Waals surface area (Å²) >= 11 is 0. The molecule has 0 fully saturated rings. The van der Waals surface area contributed by atoms with Crippen LogP contribution in [0.5, 0.6) is 0 Å². The molecule has 2 atom stereocenters. The molecule has 0 heterocycles. The summed E-state index contributed by atoms with van der Waals surface area (Å²) in [5, 5.41) is 16.4. The minimum Gasteiger partial charge on any atom is -0.389 e. The number of fused-ring (bicyclic) bond motifs is 1. The highest BCUT2D eigenvalue weighted by Crippen LogP contribution is 2.21. The largest absolute Gasteiger partial charge is 0.389 e. The molecule has 0 aliphatic rings. The Kier molecular flexibility index (Phi) is 7.07. The van der Waals surface area contributed by atoms with Crippen molar-refractivity contribution in [3.05, 3.63) is 83.4 Å². The van der Waals surface area contributed by atoms with E-state index in [1.54, 1.807) is 0 Å². The average Bonchev–Trinajstić information content (AvgIpc) is 2.70. The maximum atomic E-state index is 10.4. The Hall–Kier alpha value is -2.20. The number of aryl methyl sites for hydroxylation is 1. The summed E-state index contributed by atoms with van der Waals surface area (Å²) in [4.78, 5) is 0. The van der Waals surface area contributed by atoms with Crippen molar-refractivity contribution in [3.63, 3.8) is 0 Å². The number of benzene rings is 3. The standard InChI is InChI=1S/C26H33NO2/c1-19-9-5-8-12-25(19)20(2)29-18-24(28)17-27-26(3,4)16-21-13-14-22-10-6-7-11-23(22)15-21/h5-15,20,24,27-28H,16-18H2,1-4H3/t20-,24-/m1/s1. The Balaban J connectivity index is 1.49. The van der Waals surface area contributed by atoms with E-state index in [1.807, 2.05) is 19.1 Å². The van der Waals surface area contributed by atoms with Gasteiger partial charge in [-0.05, 0) is 61.6 Å². The Labute approximate surface area is 174 Å². The minimum absolute atomic E-state index is 0.0311. The summed E-state index contributed by atoms with van der Waals surface area (Å²) in [6, 6.07) is 23.3. The van der Waals surface area contributed by atoms with E-state index in [2.05, 4.69) is 80.7 Å². The lowest BCUT2D eigenvalue weighted by atomic mass is 9.93. The number of rotatable bonds is 9. The highest BCUT2D eigenvalue weighted by Gasteiger charge is 2.20. The van der Waals surface area contributed by atoms with Gasteiger partial charge in [0.25, 0.3) is 0 Å². The monoisotopic (exact) mass is 391 g/mol. The second kappa shape index (κ2) is 9.53. The molecule has 0 saturated heterocycles. The third-order valence-corrected chi connectivity index (χ3v) is 5.44. The van der Waals surface area contributed by atoms with Crippen LogP contribution in [0.25, 0.3) is 10.8 Å². The van der Waals surface area contributed by atoms with Crippen LogP contribution < -0.4 is 5.32 Å². The molecule has 0 bridgehead atoms. The highest BCUT2D eigenvalue weighted by molar-refractivity contribution is 5.83. The molecule has 0 spiro atoms. The zero-order valence-corrected chi connectivity index (χ0v) is 18.0. The van der Waals surface area contributed by atoms with Crippen molar-refractivity contribution in [2.24, 2.45) is 0 Å². The Morgan fingerprint density at radius 2 is 1.66 bits per heavy atom. The molecular weight excluding hydrogens is 358 g/mol. The molecule has 3 aromatic rings. The van der Waals surface area contributed by atoms with Gasteiger partial charge in [-0.2, -0.15) is 0 Å². The van der Waals surface area contributed by atoms with Gasteiger partial charge in [-0.25, -0.2) is 0 Å². The molecular formula is C26H33NO2. The summed E-state index contributed by atoms with van der Waals surface area (Å²) in [7, 11) is 0. The number of hydrogen-bond donors (Lipinski definition) is 2. The van der Waals surface area contributed by atoms with Crippen molar-refractivity contribution < 1.29 is 9.84 Å². The number of hydrogen-bond acceptors (Lipinski definition) is 3. The fourth-order valence-electron chi connectivity index (χ4n) is 3.76. The predicted octanol–water partition coefficient (Wildman–Crippen LogP) is 5.20. The zero-order chi connectivity index (χ0) is 20.9. The molecule has 0 aliphatic heterocycles. The van der Waals surface area contributed by atoms with Gasteiger partial charge in [-0.1, -0.05) is 66.7 Å². The first kappa shape index (κ1) is 21.5. The van der Waals surface area contributed by atoms with E-state index in [0.29, 0.717) is 13.2 Å². The van der Waals surface area contributed by atoms with Crippen molar-refractivity contribution in [3.8, 4) is 0 Å². The van der Waals surface area contributed by atoms with Crippen molar-refractivity contribution >= 4 is 10.8 Å². The van der Waals surface area contributed by atoms with Gasteiger partial charge in [0.05, 0.1) is 18.8 Å². The van der Waals surface area contributed by atoms with E-state index < -0.39 is 6.10 Å². The van der Waals surface area contributed by atoms with E-state index in [9.17, 15) is 5.11 Å². The Morgan fingerprint density at radius 3 is 2.41 bits per heavy atom. The lowest BCUT2D eigenvalue weighted by molar-refractivity contribution is -0.00439. The van der Waals surface area contributed by atoms with Gasteiger partial charge in [0.1, 0.15) is 0 Å². The first-order valence-corrected chi connectivity index (χ1v) is 10.4. The van der Waals surface area contributed by atoms with Crippen LogP contribution in [0.2, 0.25) is 0 Å². The van der Waals surface area contributed by atoms with Gasteiger partial charge in [0.15, 0.2) is 0 Å². The third-order valence-electron chi connectivity index (χ3n) is 5.44. The SMILES string of the molecule is Cc1ccccc1[C@@H](C)OC[C@H](O)CNC(C)(C)Cc1ccc2ccccc2c1. The lowest BCUT2D eigenvalue weighted by Crippen LogP contribution is -2.46. The fraction of sp³-hybridized carbons (Fsp3) is 0.385. The van der Waals surface area contributed by atoms with Gasteiger partial charge in [0.2, 0.25) is 0 Å². The van der Waals surface area contributed by atoms with Crippen LogP contribution in [0.3, 0.4) is 0 Å². The predicted molar refractivity (Wildman–Crippen MR) is 121 cm³/mol. The van der Waals surface area contributed by atoms with Crippen molar-refractivity contribution in [2.45, 2.75) is 51.9 Å². The molecule has 3 aromatic carbocycles. The second-order valence-electron chi connectivity index (χ2n) is 8.61. The third kappa shape index (κ3) is 6.14. The molecule has 0 amide bonds. The van der Waals surface area contributed by atoms with E-state index >= 15 is 0 Å². The zero-order valence-electron chi connectivity index (χ0n) is 18.0. The molecule has 0 aliphatic carbocycles. The van der Waals surface area contributed by atoms with Crippen LogP contribution in [0, 0.1) is 6.92 Å². The minimum atomic E-state index is -0.544. The van der Waals surface area contributed by atoms with Crippen LogP contribution in [-0.4, -0.2) is 29.9 Å². The number of nitrogens with one attached hydrogen (secondary N) is 1. The van der Waals surface area contributed by atoms with Crippen LogP contribution in [-0.2, 0) is 11.2 Å². The number of aliphatic hydroxyl groups excluding tert-OH is 1. The van der Waals surface area contributed by atoms with Gasteiger partial charge >= 0.3 is 0 Å². The highest BCUT2D eigenvalue weighted by atomic mass is 16.5. The summed E-state index contributed by atoms with van der Waals surface area (Å²) in [6.45, 7) is 9.28. The molecule has 29 heavy (non-hydrogen) atoms. The number of ether oxygens (including phenoxy) is 1. The molecule has 0 saturated carbocycles. The van der Waals surface area contributed by atoms with E-state index in [-0.39, 0.29) is 11.6 Å². The molecule has 3 heteroatoms. The van der Waals surface area contributed by atoms with E-state index in [1.165, 1.54) is 27.5 Å². The summed E-state index contributed by atoms with van der Waals surface area (Å²) in [5.41, 5.74) is 3.55. The Bertz CT molecular complexity index is 935. The van der Waals surface area contributed by atoms with Gasteiger partial charge in [0, 0.05) is 12.1 Å². The van der Waals surface area contributed by atoms with Crippen molar-refractivity contribution in [1.82, 2.24) is 5.32 Å². The summed E-state index contributed by atoms with van der Waals surface area (Å²) in [5.74, 6) is 0. The number of aliphatic hydroxyl groups is 1. The Morgan fingerprint density at radius 1 is 0.966 bits per heavy atom. The molecule has 0 radical (unpaired) electrons. The normalized spacial score (nSPS) is 14.1. The fourth-order valence-corrected chi connectivity index (χ4v) is 3.76. The van der Waals surface area contributed by atoms with Crippen LogP contribution >= 0.6 is 0 Å². The smallest absolute Gasteiger partial charge is 0.0898 e. The summed E-state index contributed by atoms with van der Waals surface area (Å²) < 4.78 is 5.91. The van der Waals surface area contributed by atoms with Crippen LogP contribution in [0.15, 0.2) is 66.7 Å². The van der Waals surface area contributed by atoms with Crippen LogP contribution in [0.1, 0.15) is 43.6 Å². The number of β-amino-alcohol motifs (C(OH)–C–C–N with tert-alkyl or cyclic N) is 1. The quantitative estimate of drug-likeness (QED) is 0.527. The molecule has 3 rings (SSSR count). The lowest BCUT2D eigenvalue weighted by Gasteiger charge is -2.28. The van der Waals surface area contributed by atoms with Crippen molar-refractivity contribution in [2.75, 3.05) is 13.2 Å². The van der Waals surface area contributed by atoms with Gasteiger partial charge in [-0.3, -0.25) is 0 Å². The van der Waals surface area contributed by atoms with Crippen LogP contribution in [0.4, 0.5) is 0 Å². The average molecular weight is 392 g/mol. The first-order valence-electron chi connectivity index (χ1n) is 10.4. The maximum absolute atomic E-state index is 10.4. The maximum Gasteiger partial charge on any atom is 0.0898 e. The van der Waals surface area contributed by atoms with E-state index in [4.69, 9.17) is 4.74 Å². The van der Waals surface area contributed by atoms with Gasteiger partial charge in [-0.15, -0.1) is 0 Å². The topological polar surface area (TPSA) is 41.5 Å². The second-order valence-corrected chi connectivity index (χ2v) is 8.61. The first-order chi connectivity index (χ1) is 13.8. The molecule has 3 nitrogen and oxygen atoms in total. The van der Waals surface area contributed by atoms with Crippen molar-refractivity contribution in [1.29, 1.82) is 0 Å². The van der Waals surface area contributed by atoms with E-state index in [0.717, 1.165) is 6.42 Å². The molecule has 154 valence electrons. The van der Waals surface area contributed by atoms with Gasteiger partial charge < -0.3 is 15.2 Å². The molecule has 0 aromatic heterocycles.